The van der Waals surface area contributed by atoms with Crippen LogP contribution in [0.5, 0.6) is 0 Å². The minimum absolute atomic E-state index is 0.163. The number of aliphatic hydroxyl groups excluding tert-OH is 1. The van der Waals surface area contributed by atoms with E-state index in [9.17, 15) is 4.79 Å². The molecule has 3 nitrogen and oxygen atoms in total. The Kier molecular flexibility index (Phi) is 5.45. The van der Waals surface area contributed by atoms with Crippen molar-refractivity contribution in [3.63, 3.8) is 0 Å². The van der Waals surface area contributed by atoms with E-state index in [1.54, 1.807) is 13.0 Å². The highest BCUT2D eigenvalue weighted by atomic mass is 35.5. The van der Waals surface area contributed by atoms with Gasteiger partial charge in [-0.05, 0) is 38.3 Å². The molecule has 1 unspecified atom stereocenters. The molecule has 94 valence electrons. The van der Waals surface area contributed by atoms with Crippen LogP contribution in [0.2, 0.25) is 5.02 Å². The van der Waals surface area contributed by atoms with Crippen LogP contribution in [0.3, 0.4) is 0 Å². The number of hydrogen-bond donors (Lipinski definition) is 2. The van der Waals surface area contributed by atoms with E-state index in [4.69, 9.17) is 16.7 Å². The molecule has 0 saturated carbocycles. The average molecular weight is 256 g/mol. The van der Waals surface area contributed by atoms with Crippen molar-refractivity contribution in [2.75, 3.05) is 6.54 Å². The Balaban J connectivity index is 2.50. The van der Waals surface area contributed by atoms with Crippen LogP contribution >= 0.6 is 11.6 Å². The molecule has 0 bridgehead atoms. The summed E-state index contributed by atoms with van der Waals surface area (Å²) in [6, 6.07) is 5.39. The summed E-state index contributed by atoms with van der Waals surface area (Å²) in [5.74, 6) is -0.163. The Morgan fingerprint density at radius 2 is 2.24 bits per heavy atom. The maximum Gasteiger partial charge on any atom is 0.252 e. The molecule has 0 saturated heterocycles. The zero-order valence-electron chi connectivity index (χ0n) is 10.2. The summed E-state index contributed by atoms with van der Waals surface area (Å²) in [4.78, 5) is 11.8. The van der Waals surface area contributed by atoms with Gasteiger partial charge in [0.1, 0.15) is 0 Å². The zero-order valence-corrected chi connectivity index (χ0v) is 10.9. The highest BCUT2D eigenvalue weighted by Crippen LogP contribution is 2.19. The predicted molar refractivity (Wildman–Crippen MR) is 69.4 cm³/mol. The molecule has 0 heterocycles. The smallest absolute Gasteiger partial charge is 0.252 e. The van der Waals surface area contributed by atoms with Crippen molar-refractivity contribution in [1.29, 1.82) is 0 Å². The topological polar surface area (TPSA) is 49.3 Å². The molecule has 1 atom stereocenters. The second-order valence-electron chi connectivity index (χ2n) is 4.18. The third kappa shape index (κ3) is 4.36. The Morgan fingerprint density at radius 3 is 2.88 bits per heavy atom. The fourth-order valence-electron chi connectivity index (χ4n) is 1.52. The molecule has 0 spiro atoms. The first-order valence-corrected chi connectivity index (χ1v) is 6.11. The number of amides is 1. The first kappa shape index (κ1) is 14.0. The number of carbonyl (C=O) groups is 1. The maximum atomic E-state index is 11.8. The normalized spacial score (nSPS) is 12.2. The van der Waals surface area contributed by atoms with E-state index in [1.807, 2.05) is 19.1 Å². The molecular weight excluding hydrogens is 238 g/mol. The molecular formula is C13H18ClNO2. The largest absolute Gasteiger partial charge is 0.393 e. The SMILES string of the molecule is Cc1cccc(C(=O)NCCCC(C)O)c1Cl. The number of aliphatic hydroxyl groups is 1. The van der Waals surface area contributed by atoms with Crippen LogP contribution in [-0.4, -0.2) is 23.7 Å². The lowest BCUT2D eigenvalue weighted by molar-refractivity contribution is 0.0949. The van der Waals surface area contributed by atoms with Gasteiger partial charge in [-0.1, -0.05) is 23.7 Å². The second-order valence-corrected chi connectivity index (χ2v) is 4.56. The second kappa shape index (κ2) is 6.62. The summed E-state index contributed by atoms with van der Waals surface area (Å²) in [6.07, 6.45) is 1.11. The Bertz CT molecular complexity index is 391. The predicted octanol–water partition coefficient (Wildman–Crippen LogP) is 2.54. The van der Waals surface area contributed by atoms with Crippen molar-refractivity contribution in [3.05, 3.63) is 34.3 Å². The molecule has 1 rings (SSSR count). The van der Waals surface area contributed by atoms with Crippen LogP contribution in [0, 0.1) is 6.92 Å². The van der Waals surface area contributed by atoms with Crippen molar-refractivity contribution >= 4 is 17.5 Å². The van der Waals surface area contributed by atoms with Crippen LogP contribution in [0.1, 0.15) is 35.7 Å². The quantitative estimate of drug-likeness (QED) is 0.795. The fourth-order valence-corrected chi connectivity index (χ4v) is 1.73. The van der Waals surface area contributed by atoms with Gasteiger partial charge in [0, 0.05) is 6.54 Å². The molecule has 0 fully saturated rings. The minimum Gasteiger partial charge on any atom is -0.393 e. The number of benzene rings is 1. The third-order valence-corrected chi connectivity index (χ3v) is 3.02. The van der Waals surface area contributed by atoms with Gasteiger partial charge in [0.2, 0.25) is 0 Å². The molecule has 4 heteroatoms. The molecule has 1 amide bonds. The summed E-state index contributed by atoms with van der Waals surface area (Å²) in [5, 5.41) is 12.4. The molecule has 17 heavy (non-hydrogen) atoms. The number of aryl methyl sites for hydroxylation is 1. The fraction of sp³-hybridized carbons (Fsp3) is 0.462. The van der Waals surface area contributed by atoms with Gasteiger partial charge in [-0.15, -0.1) is 0 Å². The summed E-state index contributed by atoms with van der Waals surface area (Å²) in [6.45, 7) is 4.15. The molecule has 0 aromatic heterocycles. The molecule has 0 aliphatic heterocycles. The summed E-state index contributed by atoms with van der Waals surface area (Å²) < 4.78 is 0. The molecule has 1 aromatic rings. The number of carbonyl (C=O) groups excluding carboxylic acids is 1. The first-order chi connectivity index (χ1) is 8.02. The lowest BCUT2D eigenvalue weighted by Gasteiger charge is -2.08. The van der Waals surface area contributed by atoms with Gasteiger partial charge in [0.15, 0.2) is 0 Å². The van der Waals surface area contributed by atoms with Crippen molar-refractivity contribution in [3.8, 4) is 0 Å². The van der Waals surface area contributed by atoms with Gasteiger partial charge in [-0.2, -0.15) is 0 Å². The van der Waals surface area contributed by atoms with Crippen molar-refractivity contribution in [2.24, 2.45) is 0 Å². The average Bonchev–Trinajstić information content (AvgIpc) is 2.27. The maximum absolute atomic E-state index is 11.8. The third-order valence-electron chi connectivity index (χ3n) is 2.52. The van der Waals surface area contributed by atoms with Crippen LogP contribution < -0.4 is 5.32 Å². The molecule has 0 aliphatic carbocycles. The molecule has 0 radical (unpaired) electrons. The first-order valence-electron chi connectivity index (χ1n) is 5.73. The lowest BCUT2D eigenvalue weighted by atomic mass is 10.1. The Morgan fingerprint density at radius 1 is 1.53 bits per heavy atom. The van der Waals surface area contributed by atoms with Crippen LogP contribution in [0.4, 0.5) is 0 Å². The highest BCUT2D eigenvalue weighted by Gasteiger charge is 2.10. The van der Waals surface area contributed by atoms with Crippen LogP contribution in [0.15, 0.2) is 18.2 Å². The number of rotatable bonds is 5. The van der Waals surface area contributed by atoms with E-state index in [0.717, 1.165) is 12.0 Å². The van der Waals surface area contributed by atoms with Crippen molar-refractivity contribution in [1.82, 2.24) is 5.32 Å². The Hall–Kier alpha value is -1.06. The lowest BCUT2D eigenvalue weighted by Crippen LogP contribution is -2.25. The van der Waals surface area contributed by atoms with Crippen molar-refractivity contribution in [2.45, 2.75) is 32.8 Å². The zero-order chi connectivity index (χ0) is 12.8. The van der Waals surface area contributed by atoms with E-state index in [2.05, 4.69) is 5.32 Å². The van der Waals surface area contributed by atoms with Gasteiger partial charge in [0.05, 0.1) is 16.7 Å². The van der Waals surface area contributed by atoms with E-state index in [-0.39, 0.29) is 12.0 Å². The van der Waals surface area contributed by atoms with Gasteiger partial charge in [0.25, 0.3) is 5.91 Å². The van der Waals surface area contributed by atoms with E-state index in [1.165, 1.54) is 0 Å². The summed E-state index contributed by atoms with van der Waals surface area (Å²) in [7, 11) is 0. The van der Waals surface area contributed by atoms with E-state index in [0.29, 0.717) is 23.6 Å². The molecule has 2 N–H and O–H groups in total. The van der Waals surface area contributed by atoms with Gasteiger partial charge in [-0.3, -0.25) is 4.79 Å². The molecule has 0 aliphatic rings. The summed E-state index contributed by atoms with van der Waals surface area (Å²) in [5.41, 5.74) is 1.40. The number of hydrogen-bond acceptors (Lipinski definition) is 2. The highest BCUT2D eigenvalue weighted by molar-refractivity contribution is 6.34. The van der Waals surface area contributed by atoms with Crippen LogP contribution in [0.25, 0.3) is 0 Å². The van der Waals surface area contributed by atoms with E-state index < -0.39 is 0 Å². The van der Waals surface area contributed by atoms with Crippen LogP contribution in [-0.2, 0) is 0 Å². The standard InChI is InChI=1S/C13H18ClNO2/c1-9-5-3-7-11(12(9)14)13(17)15-8-4-6-10(2)16/h3,5,7,10,16H,4,6,8H2,1-2H3,(H,15,17). The van der Waals surface area contributed by atoms with Gasteiger partial charge >= 0.3 is 0 Å². The monoisotopic (exact) mass is 255 g/mol. The van der Waals surface area contributed by atoms with Gasteiger partial charge in [-0.25, -0.2) is 0 Å². The summed E-state index contributed by atoms with van der Waals surface area (Å²) >= 11 is 6.05. The minimum atomic E-state index is -0.325. The van der Waals surface area contributed by atoms with E-state index >= 15 is 0 Å². The number of halogens is 1. The number of nitrogens with one attached hydrogen (secondary N) is 1. The van der Waals surface area contributed by atoms with Gasteiger partial charge < -0.3 is 10.4 Å². The molecule has 1 aromatic carbocycles. The Labute approximate surface area is 107 Å². The van der Waals surface area contributed by atoms with Crippen molar-refractivity contribution < 1.29 is 9.90 Å².